The molecule has 0 saturated carbocycles. The molecular formula is C22H22ClN3O5S2. The van der Waals surface area contributed by atoms with E-state index in [1.807, 2.05) is 0 Å². The van der Waals surface area contributed by atoms with Gasteiger partial charge in [-0.3, -0.25) is 4.79 Å². The quantitative estimate of drug-likeness (QED) is 0.326. The molecule has 1 N–H and O–H groups in total. The summed E-state index contributed by atoms with van der Waals surface area (Å²) in [6, 6.07) is 5.08. The number of amides is 1. The van der Waals surface area contributed by atoms with Gasteiger partial charge in [-0.15, -0.1) is 21.5 Å². The number of aromatic nitrogens is 2. The highest BCUT2D eigenvalue weighted by atomic mass is 35.5. The van der Waals surface area contributed by atoms with Gasteiger partial charge < -0.3 is 19.2 Å². The van der Waals surface area contributed by atoms with E-state index in [-0.39, 0.29) is 29.4 Å². The monoisotopic (exact) mass is 507 g/mol. The third-order valence-electron chi connectivity index (χ3n) is 5.03. The highest BCUT2D eigenvalue weighted by Crippen LogP contribution is 2.39. The van der Waals surface area contributed by atoms with Gasteiger partial charge in [-0.05, 0) is 56.4 Å². The number of nitrogens with zero attached hydrogens (tertiary/aromatic N) is 2. The van der Waals surface area contributed by atoms with Crippen molar-refractivity contribution < 1.29 is 23.5 Å². The predicted molar refractivity (Wildman–Crippen MR) is 128 cm³/mol. The third-order valence-corrected chi connectivity index (χ3v) is 7.29. The molecule has 4 rings (SSSR count). The first-order valence-electron chi connectivity index (χ1n) is 10.4. The summed E-state index contributed by atoms with van der Waals surface area (Å²) < 4.78 is 16.2. The standard InChI is InChI=1S/C22H22ClN3O5S2/c1-3-30-21(28)18-13-6-4-5-7-16(13)33-20(18)24-17(27)11-32-22-26-25-19(31-22)14-10-12(23)8-9-15(14)29-2/h8-10H,3-7,11H2,1-2H3,(H,24,27). The molecule has 1 aromatic carbocycles. The second-order valence-corrected chi connectivity index (χ2v) is 9.66. The fourth-order valence-corrected chi connectivity index (χ4v) is 5.62. The number of carbonyl (C=O) groups is 2. The molecule has 0 fully saturated rings. The summed E-state index contributed by atoms with van der Waals surface area (Å²) in [7, 11) is 1.54. The van der Waals surface area contributed by atoms with Crippen LogP contribution in [-0.2, 0) is 22.4 Å². The number of benzene rings is 1. The van der Waals surface area contributed by atoms with E-state index in [0.717, 1.165) is 47.9 Å². The molecule has 0 atom stereocenters. The Labute approximate surface area is 204 Å². The predicted octanol–water partition coefficient (Wildman–Crippen LogP) is 5.25. The molecule has 2 aromatic heterocycles. The van der Waals surface area contributed by atoms with Crippen LogP contribution in [0.1, 0.15) is 40.6 Å². The summed E-state index contributed by atoms with van der Waals surface area (Å²) >= 11 is 8.62. The number of hydrogen-bond donors (Lipinski definition) is 1. The van der Waals surface area contributed by atoms with Gasteiger partial charge in [-0.1, -0.05) is 23.4 Å². The van der Waals surface area contributed by atoms with E-state index in [2.05, 4.69) is 15.5 Å². The Morgan fingerprint density at radius 1 is 1.27 bits per heavy atom. The number of rotatable bonds is 8. The van der Waals surface area contributed by atoms with Crippen molar-refractivity contribution in [1.29, 1.82) is 0 Å². The Bertz CT molecular complexity index is 1180. The van der Waals surface area contributed by atoms with Crippen molar-refractivity contribution in [1.82, 2.24) is 10.2 Å². The van der Waals surface area contributed by atoms with E-state index >= 15 is 0 Å². The number of anilines is 1. The zero-order valence-corrected chi connectivity index (χ0v) is 20.5. The number of carbonyl (C=O) groups excluding carboxylic acids is 2. The summed E-state index contributed by atoms with van der Waals surface area (Å²) in [6.07, 6.45) is 3.84. The van der Waals surface area contributed by atoms with Crippen LogP contribution >= 0.6 is 34.7 Å². The van der Waals surface area contributed by atoms with Gasteiger partial charge in [0.05, 0.1) is 30.6 Å². The maximum Gasteiger partial charge on any atom is 0.341 e. The van der Waals surface area contributed by atoms with Crippen molar-refractivity contribution in [2.45, 2.75) is 37.8 Å². The van der Waals surface area contributed by atoms with Gasteiger partial charge in [0.2, 0.25) is 5.91 Å². The summed E-state index contributed by atoms with van der Waals surface area (Å²) in [5, 5.41) is 12.2. The summed E-state index contributed by atoms with van der Waals surface area (Å²) in [5.74, 6) is 0.165. The lowest BCUT2D eigenvalue weighted by atomic mass is 9.95. The van der Waals surface area contributed by atoms with Crippen molar-refractivity contribution in [2.24, 2.45) is 0 Å². The molecule has 0 bridgehead atoms. The maximum absolute atomic E-state index is 12.6. The second kappa shape index (κ2) is 10.6. The van der Waals surface area contributed by atoms with E-state index in [9.17, 15) is 9.59 Å². The number of thiophene rings is 1. The van der Waals surface area contributed by atoms with Crippen LogP contribution in [0.25, 0.3) is 11.5 Å². The molecule has 33 heavy (non-hydrogen) atoms. The number of methoxy groups -OCH3 is 1. The molecule has 0 aliphatic heterocycles. The van der Waals surface area contributed by atoms with Crippen LogP contribution in [0.5, 0.6) is 5.75 Å². The molecule has 1 amide bonds. The number of esters is 1. The minimum absolute atomic E-state index is 0.0408. The average Bonchev–Trinajstić information content (AvgIpc) is 3.42. The van der Waals surface area contributed by atoms with Crippen LogP contribution in [0.3, 0.4) is 0 Å². The highest BCUT2D eigenvalue weighted by molar-refractivity contribution is 7.99. The summed E-state index contributed by atoms with van der Waals surface area (Å²) in [4.78, 5) is 26.3. The van der Waals surface area contributed by atoms with Crippen molar-refractivity contribution in [2.75, 3.05) is 24.8 Å². The van der Waals surface area contributed by atoms with Crippen LogP contribution < -0.4 is 10.1 Å². The minimum atomic E-state index is -0.392. The topological polar surface area (TPSA) is 104 Å². The maximum atomic E-state index is 12.6. The number of hydrogen-bond acceptors (Lipinski definition) is 9. The fourth-order valence-electron chi connectivity index (χ4n) is 3.59. The van der Waals surface area contributed by atoms with E-state index in [1.54, 1.807) is 25.1 Å². The van der Waals surface area contributed by atoms with Crippen molar-refractivity contribution >= 4 is 51.6 Å². The molecule has 174 valence electrons. The van der Waals surface area contributed by atoms with Gasteiger partial charge >= 0.3 is 5.97 Å². The van der Waals surface area contributed by atoms with Gasteiger partial charge in [-0.2, -0.15) is 0 Å². The SMILES string of the molecule is CCOC(=O)c1c(NC(=O)CSc2nnc(-c3cc(Cl)ccc3OC)o2)sc2c1CCCC2. The Kier molecular flexibility index (Phi) is 7.56. The molecule has 0 unspecified atom stereocenters. The molecule has 8 nitrogen and oxygen atoms in total. The first-order valence-corrected chi connectivity index (χ1v) is 12.6. The number of fused-ring (bicyclic) bond motifs is 1. The molecule has 1 aliphatic rings. The fraction of sp³-hybridized carbons (Fsp3) is 0.364. The normalized spacial score (nSPS) is 12.8. The Morgan fingerprint density at radius 2 is 2.09 bits per heavy atom. The molecule has 3 aromatic rings. The molecule has 1 aliphatic carbocycles. The zero-order chi connectivity index (χ0) is 23.4. The van der Waals surface area contributed by atoms with Gasteiger partial charge in [0.1, 0.15) is 10.8 Å². The lowest BCUT2D eigenvalue weighted by Crippen LogP contribution is -2.17. The van der Waals surface area contributed by atoms with E-state index in [1.165, 1.54) is 18.4 Å². The molecule has 2 heterocycles. The zero-order valence-electron chi connectivity index (χ0n) is 18.1. The molecular weight excluding hydrogens is 486 g/mol. The molecule has 0 saturated heterocycles. The van der Waals surface area contributed by atoms with Gasteiger partial charge in [0.25, 0.3) is 11.1 Å². The third kappa shape index (κ3) is 5.34. The van der Waals surface area contributed by atoms with Crippen LogP contribution in [-0.4, -0.2) is 41.5 Å². The van der Waals surface area contributed by atoms with Crippen LogP contribution in [0, 0.1) is 0 Å². The van der Waals surface area contributed by atoms with Gasteiger partial charge in [0.15, 0.2) is 0 Å². The van der Waals surface area contributed by atoms with E-state index in [0.29, 0.717) is 26.9 Å². The summed E-state index contributed by atoms with van der Waals surface area (Å²) in [6.45, 7) is 2.05. The first-order chi connectivity index (χ1) is 16.0. The van der Waals surface area contributed by atoms with Gasteiger partial charge in [0, 0.05) is 9.90 Å². The lowest BCUT2D eigenvalue weighted by molar-refractivity contribution is -0.113. The second-order valence-electron chi connectivity index (χ2n) is 7.19. The number of halogens is 1. The number of thioether (sulfide) groups is 1. The lowest BCUT2D eigenvalue weighted by Gasteiger charge is -2.12. The average molecular weight is 508 g/mol. The molecule has 11 heteroatoms. The van der Waals surface area contributed by atoms with Crippen molar-refractivity contribution in [3.05, 3.63) is 39.2 Å². The largest absolute Gasteiger partial charge is 0.496 e. The minimum Gasteiger partial charge on any atom is -0.496 e. The van der Waals surface area contributed by atoms with Gasteiger partial charge in [-0.25, -0.2) is 4.79 Å². The number of ether oxygens (including phenoxy) is 2. The highest BCUT2D eigenvalue weighted by Gasteiger charge is 2.27. The number of aryl methyl sites for hydroxylation is 1. The Morgan fingerprint density at radius 3 is 2.88 bits per heavy atom. The molecule has 0 radical (unpaired) electrons. The van der Waals surface area contributed by atoms with E-state index in [4.69, 9.17) is 25.5 Å². The van der Waals surface area contributed by atoms with Crippen molar-refractivity contribution in [3.63, 3.8) is 0 Å². The van der Waals surface area contributed by atoms with Crippen molar-refractivity contribution in [3.8, 4) is 17.2 Å². The number of nitrogens with one attached hydrogen (secondary N) is 1. The molecule has 0 spiro atoms. The van der Waals surface area contributed by atoms with E-state index < -0.39 is 5.97 Å². The smallest absolute Gasteiger partial charge is 0.341 e. The van der Waals surface area contributed by atoms with Crippen LogP contribution in [0.15, 0.2) is 27.8 Å². The van der Waals surface area contributed by atoms with Crippen LogP contribution in [0.2, 0.25) is 5.02 Å². The summed E-state index contributed by atoms with van der Waals surface area (Å²) in [5.41, 5.74) is 2.06. The first kappa shape index (κ1) is 23.6. The Balaban J connectivity index is 1.44. The van der Waals surface area contributed by atoms with Crippen LogP contribution in [0.4, 0.5) is 5.00 Å². The Hall–Kier alpha value is -2.56.